The van der Waals surface area contributed by atoms with Crippen molar-refractivity contribution < 1.29 is 4.42 Å². The SMILES string of the molecule is c1ccc(-c2cccc(N(c3ccc(-c4ccc(-c5cccc(-c6cc7ccccc7o6)c5)cc4)cc3)c3ccccc3-c3ccccc3)c2)cc1. The predicted octanol–water partition coefficient (Wildman–Crippen LogP) is 14.2. The van der Waals surface area contributed by atoms with Crippen LogP contribution in [-0.4, -0.2) is 0 Å². The fourth-order valence-corrected chi connectivity index (χ4v) is 7.05. The first-order chi connectivity index (χ1) is 25.8. The summed E-state index contributed by atoms with van der Waals surface area (Å²) in [4.78, 5) is 2.37. The molecular formula is C50H35NO. The Morgan fingerprint density at radius 3 is 1.56 bits per heavy atom. The Bertz CT molecular complexity index is 2570. The maximum atomic E-state index is 6.16. The van der Waals surface area contributed by atoms with Crippen LogP contribution in [0.4, 0.5) is 17.1 Å². The second-order valence-electron chi connectivity index (χ2n) is 13.0. The predicted molar refractivity (Wildman–Crippen MR) is 218 cm³/mol. The third kappa shape index (κ3) is 6.19. The number of nitrogens with zero attached hydrogens (tertiary/aromatic N) is 1. The van der Waals surface area contributed by atoms with Crippen LogP contribution < -0.4 is 4.90 Å². The van der Waals surface area contributed by atoms with Gasteiger partial charge < -0.3 is 9.32 Å². The van der Waals surface area contributed by atoms with Gasteiger partial charge in [-0.3, -0.25) is 0 Å². The number of hydrogen-bond donors (Lipinski definition) is 0. The number of hydrogen-bond acceptors (Lipinski definition) is 2. The highest BCUT2D eigenvalue weighted by molar-refractivity contribution is 5.90. The van der Waals surface area contributed by atoms with Crippen LogP contribution in [0, 0.1) is 0 Å². The average Bonchev–Trinajstić information content (AvgIpc) is 3.67. The van der Waals surface area contributed by atoms with Gasteiger partial charge in [0.2, 0.25) is 0 Å². The van der Waals surface area contributed by atoms with Gasteiger partial charge in [0.15, 0.2) is 0 Å². The van der Waals surface area contributed by atoms with Crippen LogP contribution >= 0.6 is 0 Å². The molecule has 52 heavy (non-hydrogen) atoms. The van der Waals surface area contributed by atoms with Crippen molar-refractivity contribution in [1.82, 2.24) is 0 Å². The van der Waals surface area contributed by atoms with Gasteiger partial charge in [0.05, 0.1) is 5.69 Å². The molecule has 0 bridgehead atoms. The van der Waals surface area contributed by atoms with E-state index in [9.17, 15) is 0 Å². The molecule has 9 rings (SSSR count). The topological polar surface area (TPSA) is 16.4 Å². The number of fused-ring (bicyclic) bond motifs is 1. The van der Waals surface area contributed by atoms with Crippen LogP contribution in [0.5, 0.6) is 0 Å². The second kappa shape index (κ2) is 13.8. The highest BCUT2D eigenvalue weighted by Crippen LogP contribution is 2.42. The highest BCUT2D eigenvalue weighted by atomic mass is 16.3. The lowest BCUT2D eigenvalue weighted by atomic mass is 9.98. The van der Waals surface area contributed by atoms with E-state index in [1.54, 1.807) is 0 Å². The summed E-state index contributed by atoms with van der Waals surface area (Å²) in [6.07, 6.45) is 0. The van der Waals surface area contributed by atoms with Crippen molar-refractivity contribution in [3.63, 3.8) is 0 Å². The van der Waals surface area contributed by atoms with E-state index in [2.05, 4.69) is 199 Å². The number of rotatable bonds is 8. The molecule has 0 aliphatic heterocycles. The molecule has 0 amide bonds. The van der Waals surface area contributed by atoms with Gasteiger partial charge in [0, 0.05) is 27.9 Å². The van der Waals surface area contributed by atoms with Gasteiger partial charge in [0.25, 0.3) is 0 Å². The summed E-state index contributed by atoms with van der Waals surface area (Å²) in [5, 5.41) is 1.11. The molecule has 0 spiro atoms. The molecule has 2 heteroatoms. The Kier molecular flexibility index (Phi) is 8.24. The summed E-state index contributed by atoms with van der Waals surface area (Å²) in [5.41, 5.74) is 14.7. The third-order valence-corrected chi connectivity index (χ3v) is 9.69. The second-order valence-corrected chi connectivity index (χ2v) is 13.0. The lowest BCUT2D eigenvalue weighted by molar-refractivity contribution is 0.631. The van der Waals surface area contributed by atoms with Gasteiger partial charge in [-0.2, -0.15) is 0 Å². The van der Waals surface area contributed by atoms with Gasteiger partial charge in [0.1, 0.15) is 11.3 Å². The smallest absolute Gasteiger partial charge is 0.135 e. The zero-order valence-electron chi connectivity index (χ0n) is 28.6. The van der Waals surface area contributed by atoms with Gasteiger partial charge in [-0.05, 0) is 87.5 Å². The monoisotopic (exact) mass is 665 g/mol. The highest BCUT2D eigenvalue weighted by Gasteiger charge is 2.18. The average molecular weight is 666 g/mol. The van der Waals surface area contributed by atoms with Crippen LogP contribution in [0.3, 0.4) is 0 Å². The Morgan fingerprint density at radius 2 is 0.827 bits per heavy atom. The lowest BCUT2D eigenvalue weighted by Crippen LogP contribution is -2.11. The summed E-state index contributed by atoms with van der Waals surface area (Å²) in [6.45, 7) is 0. The fraction of sp³-hybridized carbons (Fsp3) is 0. The summed E-state index contributed by atoms with van der Waals surface area (Å²) in [7, 11) is 0. The molecular weight excluding hydrogens is 631 g/mol. The quantitative estimate of drug-likeness (QED) is 0.161. The van der Waals surface area contributed by atoms with Crippen LogP contribution in [0.1, 0.15) is 0 Å². The summed E-state index contributed by atoms with van der Waals surface area (Å²) >= 11 is 0. The normalized spacial score (nSPS) is 11.1. The first-order valence-corrected chi connectivity index (χ1v) is 17.7. The van der Waals surface area contributed by atoms with Gasteiger partial charge in [-0.25, -0.2) is 0 Å². The molecule has 0 saturated carbocycles. The maximum Gasteiger partial charge on any atom is 0.135 e. The molecule has 2 nitrogen and oxygen atoms in total. The number of furan rings is 1. The molecule has 8 aromatic carbocycles. The van der Waals surface area contributed by atoms with E-state index in [4.69, 9.17) is 4.42 Å². The minimum absolute atomic E-state index is 0.881. The van der Waals surface area contributed by atoms with Crippen molar-refractivity contribution in [1.29, 1.82) is 0 Å². The van der Waals surface area contributed by atoms with Crippen molar-refractivity contribution in [2.24, 2.45) is 0 Å². The number of anilines is 3. The van der Waals surface area contributed by atoms with Crippen LogP contribution in [0.15, 0.2) is 217 Å². The molecule has 1 heterocycles. The van der Waals surface area contributed by atoms with E-state index in [1.165, 1.54) is 38.9 Å². The number of benzene rings is 8. The molecule has 246 valence electrons. The first-order valence-electron chi connectivity index (χ1n) is 17.7. The van der Waals surface area contributed by atoms with Crippen molar-refractivity contribution in [2.75, 3.05) is 4.90 Å². The van der Waals surface area contributed by atoms with Gasteiger partial charge >= 0.3 is 0 Å². The zero-order valence-corrected chi connectivity index (χ0v) is 28.6. The van der Waals surface area contributed by atoms with E-state index in [0.717, 1.165) is 44.9 Å². The summed E-state index contributed by atoms with van der Waals surface area (Å²) in [5.74, 6) is 0.881. The van der Waals surface area contributed by atoms with E-state index in [0.29, 0.717) is 0 Å². The molecule has 9 aromatic rings. The molecule has 0 saturated heterocycles. The van der Waals surface area contributed by atoms with E-state index in [1.807, 2.05) is 18.2 Å². The molecule has 0 aliphatic rings. The van der Waals surface area contributed by atoms with Gasteiger partial charge in [-0.1, -0.05) is 164 Å². The zero-order chi connectivity index (χ0) is 34.7. The molecule has 1 aromatic heterocycles. The lowest BCUT2D eigenvalue weighted by Gasteiger charge is -2.28. The number of para-hydroxylation sites is 2. The van der Waals surface area contributed by atoms with Crippen LogP contribution in [0.2, 0.25) is 0 Å². The minimum Gasteiger partial charge on any atom is -0.456 e. The minimum atomic E-state index is 0.881. The maximum absolute atomic E-state index is 6.16. The Labute approximate surface area is 304 Å². The van der Waals surface area contributed by atoms with E-state index >= 15 is 0 Å². The first kappa shape index (κ1) is 31.1. The molecule has 0 unspecified atom stereocenters. The standard InChI is InChI=1S/C50H35NO/c1-3-13-36(14-4-1)42-19-12-21-46(34-42)51(48-23-9-8-22-47(48)40-15-5-2-6-16-40)45-31-29-38(30-32-45)37-25-27-39(28-26-37)41-18-11-20-43(33-41)50-35-44-17-7-10-24-49(44)52-50/h1-35H. The molecule has 0 fully saturated rings. The van der Waals surface area contributed by atoms with Crippen molar-refractivity contribution in [3.8, 4) is 55.8 Å². The van der Waals surface area contributed by atoms with Crippen molar-refractivity contribution in [3.05, 3.63) is 212 Å². The van der Waals surface area contributed by atoms with Crippen molar-refractivity contribution >= 4 is 28.0 Å². The largest absolute Gasteiger partial charge is 0.456 e. The molecule has 0 radical (unpaired) electrons. The van der Waals surface area contributed by atoms with Crippen LogP contribution in [0.25, 0.3) is 66.8 Å². The summed E-state index contributed by atoms with van der Waals surface area (Å²) in [6, 6.07) is 75.3. The van der Waals surface area contributed by atoms with E-state index < -0.39 is 0 Å². The third-order valence-electron chi connectivity index (χ3n) is 9.69. The Balaban J connectivity index is 1.05. The van der Waals surface area contributed by atoms with Gasteiger partial charge in [-0.15, -0.1) is 0 Å². The van der Waals surface area contributed by atoms with Crippen LogP contribution in [-0.2, 0) is 0 Å². The van der Waals surface area contributed by atoms with E-state index in [-0.39, 0.29) is 0 Å². The molecule has 0 aliphatic carbocycles. The Morgan fingerprint density at radius 1 is 0.308 bits per heavy atom. The summed E-state index contributed by atoms with van der Waals surface area (Å²) < 4.78 is 6.16. The molecule has 0 atom stereocenters. The molecule has 0 N–H and O–H groups in total. The van der Waals surface area contributed by atoms with Crippen molar-refractivity contribution in [2.45, 2.75) is 0 Å². The fourth-order valence-electron chi connectivity index (χ4n) is 7.05. The Hall–Kier alpha value is -6.90.